The van der Waals surface area contributed by atoms with Crippen molar-refractivity contribution in [2.45, 2.75) is 25.3 Å². The van der Waals surface area contributed by atoms with Crippen molar-refractivity contribution in [3.05, 3.63) is 34.6 Å². The van der Waals surface area contributed by atoms with Gasteiger partial charge >= 0.3 is 0 Å². The molecule has 6 heteroatoms. The summed E-state index contributed by atoms with van der Waals surface area (Å²) in [6.07, 6.45) is 3.48. The first-order valence-corrected chi connectivity index (χ1v) is 9.72. The number of likely N-dealkylation sites (tertiary alicyclic amines) is 1. The number of benzene rings is 1. The zero-order chi connectivity index (χ0) is 16.2. The molecule has 1 N–H and O–H groups in total. The first-order chi connectivity index (χ1) is 11.1. The van der Waals surface area contributed by atoms with E-state index in [-0.39, 0.29) is 10.6 Å². The van der Waals surface area contributed by atoms with Crippen LogP contribution in [-0.2, 0) is 0 Å². The highest BCUT2D eigenvalue weighted by Crippen LogP contribution is 2.27. The van der Waals surface area contributed by atoms with Gasteiger partial charge in [-0.2, -0.15) is 11.8 Å². The zero-order valence-corrected chi connectivity index (χ0v) is 14.6. The molecule has 0 radical (unpaired) electrons. The van der Waals surface area contributed by atoms with E-state index in [2.05, 4.69) is 10.2 Å². The lowest BCUT2D eigenvalue weighted by molar-refractivity contribution is 0.0924. The van der Waals surface area contributed by atoms with E-state index >= 15 is 0 Å². The maximum absolute atomic E-state index is 13.7. The van der Waals surface area contributed by atoms with Crippen molar-refractivity contribution in [3.8, 4) is 0 Å². The van der Waals surface area contributed by atoms with Crippen LogP contribution in [0.1, 0.15) is 29.6 Å². The first-order valence-electron chi connectivity index (χ1n) is 8.19. The summed E-state index contributed by atoms with van der Waals surface area (Å²) >= 11 is 7.97. The van der Waals surface area contributed by atoms with E-state index in [4.69, 9.17) is 11.6 Å². The maximum Gasteiger partial charge on any atom is 0.255 e. The van der Waals surface area contributed by atoms with Gasteiger partial charge in [0.05, 0.1) is 10.6 Å². The molecule has 2 aliphatic rings. The molecule has 2 fully saturated rings. The number of carbonyl (C=O) groups excluding carboxylic acids is 1. The van der Waals surface area contributed by atoms with Crippen molar-refractivity contribution in [1.82, 2.24) is 10.2 Å². The number of piperidine rings is 1. The molecule has 0 spiro atoms. The lowest BCUT2D eigenvalue weighted by Gasteiger charge is -2.35. The highest BCUT2D eigenvalue weighted by atomic mass is 35.5. The Labute approximate surface area is 145 Å². The van der Waals surface area contributed by atoms with Crippen molar-refractivity contribution in [2.75, 3.05) is 31.1 Å². The minimum absolute atomic E-state index is 0.0467. The molecule has 0 aromatic heterocycles. The van der Waals surface area contributed by atoms with Crippen molar-refractivity contribution in [1.29, 1.82) is 0 Å². The van der Waals surface area contributed by atoms with E-state index in [1.165, 1.54) is 36.1 Å². The van der Waals surface area contributed by atoms with E-state index in [9.17, 15) is 9.18 Å². The summed E-state index contributed by atoms with van der Waals surface area (Å²) in [4.78, 5) is 14.7. The summed E-state index contributed by atoms with van der Waals surface area (Å²) in [5.41, 5.74) is -0.0467. The number of thioether (sulfide) groups is 1. The molecule has 126 valence electrons. The molecule has 2 saturated heterocycles. The van der Waals surface area contributed by atoms with E-state index in [1.54, 1.807) is 0 Å². The van der Waals surface area contributed by atoms with Crippen LogP contribution in [0, 0.1) is 11.7 Å². The Hall–Kier alpha value is -0.780. The molecular weight excluding hydrogens is 335 g/mol. The molecule has 3 rings (SSSR count). The number of carbonyl (C=O) groups is 1. The second-order valence-corrected chi connectivity index (χ2v) is 7.86. The molecule has 1 atom stereocenters. The van der Waals surface area contributed by atoms with Gasteiger partial charge in [0.25, 0.3) is 5.91 Å². The Morgan fingerprint density at radius 1 is 1.35 bits per heavy atom. The van der Waals surface area contributed by atoms with Gasteiger partial charge in [-0.3, -0.25) is 9.69 Å². The average molecular weight is 357 g/mol. The maximum atomic E-state index is 13.7. The van der Waals surface area contributed by atoms with Gasteiger partial charge in [0, 0.05) is 18.3 Å². The van der Waals surface area contributed by atoms with Crippen LogP contribution in [0.25, 0.3) is 0 Å². The summed E-state index contributed by atoms with van der Waals surface area (Å²) in [6.45, 7) is 2.80. The van der Waals surface area contributed by atoms with Crippen LogP contribution in [-0.4, -0.2) is 48.0 Å². The van der Waals surface area contributed by atoms with Gasteiger partial charge in [0.2, 0.25) is 0 Å². The fourth-order valence-corrected chi connectivity index (χ4v) is 4.88. The number of nitrogens with one attached hydrogen (secondary N) is 1. The molecule has 0 aliphatic carbocycles. The molecule has 3 nitrogen and oxygen atoms in total. The van der Waals surface area contributed by atoms with E-state index in [0.717, 1.165) is 32.0 Å². The van der Waals surface area contributed by atoms with E-state index in [0.29, 0.717) is 12.5 Å². The summed E-state index contributed by atoms with van der Waals surface area (Å²) in [5, 5.41) is 3.01. The van der Waals surface area contributed by atoms with Gasteiger partial charge < -0.3 is 5.32 Å². The van der Waals surface area contributed by atoms with Crippen LogP contribution in [0.3, 0.4) is 0 Å². The Balaban J connectivity index is 1.47. The molecule has 23 heavy (non-hydrogen) atoms. The minimum Gasteiger partial charge on any atom is -0.352 e. The van der Waals surface area contributed by atoms with Crippen LogP contribution in [0.5, 0.6) is 0 Å². The van der Waals surface area contributed by atoms with Crippen LogP contribution in [0.4, 0.5) is 4.39 Å². The molecule has 0 saturated carbocycles. The van der Waals surface area contributed by atoms with Gasteiger partial charge in [-0.25, -0.2) is 4.39 Å². The molecule has 1 aromatic carbocycles. The Kier molecular flexibility index (Phi) is 5.83. The predicted octanol–water partition coefficient (Wildman–Crippen LogP) is 3.43. The van der Waals surface area contributed by atoms with E-state index in [1.807, 2.05) is 11.8 Å². The number of rotatable bonds is 4. The molecule has 2 aliphatic heterocycles. The summed E-state index contributed by atoms with van der Waals surface area (Å²) in [7, 11) is 0. The van der Waals surface area contributed by atoms with Gasteiger partial charge in [-0.05, 0) is 56.2 Å². The smallest absolute Gasteiger partial charge is 0.255 e. The number of nitrogens with zero attached hydrogens (tertiary/aromatic N) is 1. The second kappa shape index (κ2) is 7.86. The second-order valence-electron chi connectivity index (χ2n) is 6.30. The quantitative estimate of drug-likeness (QED) is 0.897. The fourth-order valence-electron chi connectivity index (χ4n) is 3.37. The zero-order valence-electron chi connectivity index (χ0n) is 13.1. The molecule has 0 bridgehead atoms. The van der Waals surface area contributed by atoms with Gasteiger partial charge in [-0.1, -0.05) is 17.7 Å². The summed E-state index contributed by atoms with van der Waals surface area (Å²) < 4.78 is 13.7. The molecular formula is C17H22ClFN2OS. The third-order valence-corrected chi connectivity index (χ3v) is 6.27. The molecule has 1 aromatic rings. The first kappa shape index (κ1) is 17.1. The highest BCUT2D eigenvalue weighted by Gasteiger charge is 2.27. The third-order valence-electron chi connectivity index (χ3n) is 4.81. The van der Waals surface area contributed by atoms with Crippen molar-refractivity contribution < 1.29 is 9.18 Å². The Morgan fingerprint density at radius 3 is 2.78 bits per heavy atom. The molecule has 1 amide bonds. The topological polar surface area (TPSA) is 32.3 Å². The van der Waals surface area contributed by atoms with Gasteiger partial charge in [0.1, 0.15) is 5.82 Å². The van der Waals surface area contributed by atoms with Crippen molar-refractivity contribution >= 4 is 29.3 Å². The number of halogens is 2. The molecule has 0 unspecified atom stereocenters. The number of hydrogen-bond acceptors (Lipinski definition) is 3. The summed E-state index contributed by atoms with van der Waals surface area (Å²) in [6, 6.07) is 5.05. The molecule has 2 heterocycles. The lowest BCUT2D eigenvalue weighted by atomic mass is 9.95. The lowest BCUT2D eigenvalue weighted by Crippen LogP contribution is -2.43. The van der Waals surface area contributed by atoms with Gasteiger partial charge in [-0.15, -0.1) is 0 Å². The summed E-state index contributed by atoms with van der Waals surface area (Å²) in [5.74, 6) is 2.03. The average Bonchev–Trinajstić information content (AvgIpc) is 3.08. The van der Waals surface area contributed by atoms with Crippen LogP contribution in [0.2, 0.25) is 5.02 Å². The predicted molar refractivity (Wildman–Crippen MR) is 93.8 cm³/mol. The largest absolute Gasteiger partial charge is 0.352 e. The Bertz CT molecular complexity index is 537. The van der Waals surface area contributed by atoms with Crippen molar-refractivity contribution in [2.24, 2.45) is 5.92 Å². The monoisotopic (exact) mass is 356 g/mol. The van der Waals surface area contributed by atoms with Crippen LogP contribution < -0.4 is 5.32 Å². The third kappa shape index (κ3) is 4.20. The van der Waals surface area contributed by atoms with Crippen LogP contribution >= 0.6 is 23.4 Å². The number of amides is 1. The van der Waals surface area contributed by atoms with Crippen LogP contribution in [0.15, 0.2) is 18.2 Å². The minimum atomic E-state index is -0.566. The normalized spacial score (nSPS) is 23.1. The van der Waals surface area contributed by atoms with Gasteiger partial charge in [0.15, 0.2) is 0 Å². The van der Waals surface area contributed by atoms with Crippen molar-refractivity contribution in [3.63, 3.8) is 0 Å². The number of hydrogen-bond donors (Lipinski definition) is 1. The van der Waals surface area contributed by atoms with E-state index < -0.39 is 11.7 Å². The Morgan fingerprint density at radius 2 is 2.13 bits per heavy atom. The standard InChI is InChI=1S/C17H22ClFN2OS/c18-14-2-1-3-15(19)16(14)17(22)20-10-12-4-7-21(8-5-12)13-6-9-23-11-13/h1-3,12-13H,4-11H2,(H,20,22)/t13-/m0/s1. The fraction of sp³-hybridized carbons (Fsp3) is 0.588. The SMILES string of the molecule is O=C(NCC1CCN([C@H]2CCSC2)CC1)c1c(F)cccc1Cl. The highest BCUT2D eigenvalue weighted by molar-refractivity contribution is 7.99.